The minimum absolute atomic E-state index is 0.0385. The fourth-order valence-electron chi connectivity index (χ4n) is 2.09. The number of nitrogens with one attached hydrogen (secondary N) is 1. The van der Waals surface area contributed by atoms with E-state index in [-0.39, 0.29) is 11.5 Å². The summed E-state index contributed by atoms with van der Waals surface area (Å²) in [5.41, 5.74) is 2.43. The Kier molecular flexibility index (Phi) is 3.55. The van der Waals surface area contributed by atoms with Crippen molar-refractivity contribution in [2.24, 2.45) is 0 Å². The molecule has 4 nitrogen and oxygen atoms in total. The molecule has 0 spiro atoms. The molecule has 2 rings (SSSR count). The topological polar surface area (TPSA) is 58.6 Å². The summed E-state index contributed by atoms with van der Waals surface area (Å²) in [6.45, 7) is 5.88. The number of H-pyrrole nitrogens is 1. The first-order valence-electron chi connectivity index (χ1n) is 6.07. The summed E-state index contributed by atoms with van der Waals surface area (Å²) in [6.07, 6.45) is 2.29. The van der Waals surface area contributed by atoms with Crippen LogP contribution in [0.15, 0.2) is 29.2 Å². The van der Waals surface area contributed by atoms with Crippen molar-refractivity contribution in [3.8, 4) is 0 Å². The van der Waals surface area contributed by atoms with Gasteiger partial charge in [0.15, 0.2) is 0 Å². The van der Waals surface area contributed by atoms with Gasteiger partial charge >= 0.3 is 0 Å². The first-order chi connectivity index (χ1) is 8.58. The minimum atomic E-state index is -0.0385. The van der Waals surface area contributed by atoms with Gasteiger partial charge in [0.25, 0.3) is 5.56 Å². The highest BCUT2D eigenvalue weighted by Gasteiger charge is 2.11. The van der Waals surface area contributed by atoms with E-state index in [4.69, 9.17) is 0 Å². The molecule has 0 amide bonds. The maximum absolute atomic E-state index is 12.0. The van der Waals surface area contributed by atoms with Gasteiger partial charge in [0.1, 0.15) is 5.82 Å². The summed E-state index contributed by atoms with van der Waals surface area (Å²) in [5, 5.41) is 0. The lowest BCUT2D eigenvalue weighted by Crippen LogP contribution is -2.20. The van der Waals surface area contributed by atoms with Crippen LogP contribution < -0.4 is 5.56 Å². The van der Waals surface area contributed by atoms with Gasteiger partial charge in [-0.25, -0.2) is 4.98 Å². The van der Waals surface area contributed by atoms with E-state index in [1.807, 2.05) is 39.0 Å². The van der Waals surface area contributed by atoms with Crippen molar-refractivity contribution in [1.82, 2.24) is 15.0 Å². The van der Waals surface area contributed by atoms with Crippen molar-refractivity contribution >= 4 is 0 Å². The number of nitrogens with zero attached hydrogens (tertiary/aromatic N) is 2. The Morgan fingerprint density at radius 1 is 1.33 bits per heavy atom. The van der Waals surface area contributed by atoms with Crippen LogP contribution in [-0.4, -0.2) is 15.0 Å². The van der Waals surface area contributed by atoms with E-state index in [0.717, 1.165) is 17.0 Å². The van der Waals surface area contributed by atoms with Crippen molar-refractivity contribution in [1.29, 1.82) is 0 Å². The van der Waals surface area contributed by atoms with Crippen LogP contribution in [0.3, 0.4) is 0 Å². The molecule has 0 unspecified atom stereocenters. The number of aryl methyl sites for hydroxylation is 1. The van der Waals surface area contributed by atoms with Gasteiger partial charge in [-0.05, 0) is 25.0 Å². The second kappa shape index (κ2) is 5.12. The van der Waals surface area contributed by atoms with Gasteiger partial charge < -0.3 is 4.98 Å². The third kappa shape index (κ3) is 2.64. The SMILES string of the molecule is Cc1nc(Cc2ccccn2)[nH]c(=O)c1C(C)C. The summed E-state index contributed by atoms with van der Waals surface area (Å²) in [7, 11) is 0. The average Bonchev–Trinajstić information content (AvgIpc) is 2.28. The van der Waals surface area contributed by atoms with Crippen LogP contribution in [0.1, 0.15) is 42.5 Å². The van der Waals surface area contributed by atoms with Crippen molar-refractivity contribution < 1.29 is 0 Å². The maximum Gasteiger partial charge on any atom is 0.254 e. The molecular formula is C14H17N3O. The zero-order valence-corrected chi connectivity index (χ0v) is 10.9. The normalized spacial score (nSPS) is 10.9. The molecule has 0 aliphatic carbocycles. The van der Waals surface area contributed by atoms with Crippen LogP contribution in [0.2, 0.25) is 0 Å². The molecule has 94 valence electrons. The second-order valence-corrected chi connectivity index (χ2v) is 4.66. The molecule has 0 radical (unpaired) electrons. The Bertz CT molecular complexity index is 588. The summed E-state index contributed by atoms with van der Waals surface area (Å²) >= 11 is 0. The molecule has 0 aliphatic rings. The summed E-state index contributed by atoms with van der Waals surface area (Å²) in [6, 6.07) is 5.72. The molecule has 4 heteroatoms. The Labute approximate surface area is 106 Å². The van der Waals surface area contributed by atoms with E-state index in [0.29, 0.717) is 12.2 Å². The molecule has 0 aromatic carbocycles. The number of aromatic amines is 1. The number of aromatic nitrogens is 3. The third-order valence-corrected chi connectivity index (χ3v) is 2.85. The number of hydrogen-bond donors (Lipinski definition) is 1. The van der Waals surface area contributed by atoms with Gasteiger partial charge in [0.2, 0.25) is 0 Å². The summed E-state index contributed by atoms with van der Waals surface area (Å²) < 4.78 is 0. The fraction of sp³-hybridized carbons (Fsp3) is 0.357. The molecule has 0 bridgehead atoms. The molecule has 18 heavy (non-hydrogen) atoms. The first kappa shape index (κ1) is 12.5. The maximum atomic E-state index is 12.0. The quantitative estimate of drug-likeness (QED) is 0.899. The second-order valence-electron chi connectivity index (χ2n) is 4.66. The van der Waals surface area contributed by atoms with Gasteiger partial charge in [-0.2, -0.15) is 0 Å². The van der Waals surface area contributed by atoms with E-state index in [1.165, 1.54) is 0 Å². The Hall–Kier alpha value is -1.97. The largest absolute Gasteiger partial charge is 0.310 e. The molecule has 1 N–H and O–H groups in total. The van der Waals surface area contributed by atoms with E-state index < -0.39 is 0 Å². The molecule has 0 saturated carbocycles. The van der Waals surface area contributed by atoms with Gasteiger partial charge in [-0.3, -0.25) is 9.78 Å². The number of pyridine rings is 1. The lowest BCUT2D eigenvalue weighted by atomic mass is 10.0. The molecule has 0 atom stereocenters. The number of rotatable bonds is 3. The molecule has 0 saturated heterocycles. The zero-order valence-electron chi connectivity index (χ0n) is 10.9. The molecule has 2 heterocycles. The fourth-order valence-corrected chi connectivity index (χ4v) is 2.09. The predicted molar refractivity (Wildman–Crippen MR) is 70.7 cm³/mol. The van der Waals surface area contributed by atoms with Gasteiger partial charge in [-0.15, -0.1) is 0 Å². The first-order valence-corrected chi connectivity index (χ1v) is 6.07. The Balaban J connectivity index is 2.35. The molecule has 0 fully saturated rings. The van der Waals surface area contributed by atoms with Crippen molar-refractivity contribution in [2.75, 3.05) is 0 Å². The van der Waals surface area contributed by atoms with Gasteiger partial charge in [-0.1, -0.05) is 19.9 Å². The van der Waals surface area contributed by atoms with Crippen LogP contribution in [0.25, 0.3) is 0 Å². The monoisotopic (exact) mass is 243 g/mol. The van der Waals surface area contributed by atoms with Gasteiger partial charge in [0.05, 0.1) is 0 Å². The highest BCUT2D eigenvalue weighted by atomic mass is 16.1. The molecule has 2 aromatic rings. The summed E-state index contributed by atoms with van der Waals surface area (Å²) in [5.74, 6) is 0.853. The molecule has 2 aromatic heterocycles. The molecular weight excluding hydrogens is 226 g/mol. The smallest absolute Gasteiger partial charge is 0.254 e. The van der Waals surface area contributed by atoms with Crippen LogP contribution in [-0.2, 0) is 6.42 Å². The predicted octanol–water partition coefficient (Wildman–Crippen LogP) is 2.19. The van der Waals surface area contributed by atoms with Crippen LogP contribution in [0.4, 0.5) is 0 Å². The minimum Gasteiger partial charge on any atom is -0.310 e. The van der Waals surface area contributed by atoms with E-state index in [2.05, 4.69) is 15.0 Å². The van der Waals surface area contributed by atoms with Crippen LogP contribution in [0, 0.1) is 6.92 Å². The lowest BCUT2D eigenvalue weighted by Gasteiger charge is -2.09. The van der Waals surface area contributed by atoms with Crippen LogP contribution in [0.5, 0.6) is 0 Å². The standard InChI is InChI=1S/C14H17N3O/c1-9(2)13-10(3)16-12(17-14(13)18)8-11-6-4-5-7-15-11/h4-7,9H,8H2,1-3H3,(H,16,17,18). The van der Waals surface area contributed by atoms with E-state index in [1.54, 1.807) is 6.20 Å². The summed E-state index contributed by atoms with van der Waals surface area (Å²) in [4.78, 5) is 23.5. The highest BCUT2D eigenvalue weighted by Crippen LogP contribution is 2.12. The van der Waals surface area contributed by atoms with Crippen molar-refractivity contribution in [2.45, 2.75) is 33.1 Å². The Morgan fingerprint density at radius 3 is 2.67 bits per heavy atom. The average molecular weight is 243 g/mol. The highest BCUT2D eigenvalue weighted by molar-refractivity contribution is 5.21. The van der Waals surface area contributed by atoms with E-state index in [9.17, 15) is 4.79 Å². The number of hydrogen-bond acceptors (Lipinski definition) is 3. The Morgan fingerprint density at radius 2 is 2.11 bits per heavy atom. The molecule has 0 aliphatic heterocycles. The lowest BCUT2D eigenvalue weighted by molar-refractivity contribution is 0.788. The van der Waals surface area contributed by atoms with Crippen molar-refractivity contribution in [3.05, 3.63) is 57.5 Å². The van der Waals surface area contributed by atoms with E-state index >= 15 is 0 Å². The zero-order chi connectivity index (χ0) is 13.1. The van der Waals surface area contributed by atoms with Crippen LogP contribution >= 0.6 is 0 Å². The van der Waals surface area contributed by atoms with Gasteiger partial charge in [0, 0.05) is 29.6 Å². The third-order valence-electron chi connectivity index (χ3n) is 2.85. The van der Waals surface area contributed by atoms with Crippen molar-refractivity contribution in [3.63, 3.8) is 0 Å².